The first-order valence-corrected chi connectivity index (χ1v) is 27.5. The van der Waals surface area contributed by atoms with Crippen LogP contribution in [0.5, 0.6) is 0 Å². The van der Waals surface area contributed by atoms with Crippen molar-refractivity contribution in [2.45, 2.75) is 297 Å². The third kappa shape index (κ3) is 50.5. The molecule has 1 unspecified atom stereocenters. The fourth-order valence-electron chi connectivity index (χ4n) is 7.94. The van der Waals surface area contributed by atoms with Crippen LogP contribution in [0.2, 0.25) is 0 Å². The Morgan fingerprint density at radius 2 is 0.571 bits per heavy atom. The molecule has 0 spiro atoms. The lowest BCUT2D eigenvalue weighted by Gasteiger charge is -2.18. The molecule has 0 bridgehead atoms. The molecular weight excluding hydrogens is 781 g/mol. The first kappa shape index (κ1) is 60.6. The highest BCUT2D eigenvalue weighted by atomic mass is 16.6. The lowest BCUT2D eigenvalue weighted by molar-refractivity contribution is -0.167. The van der Waals surface area contributed by atoms with E-state index in [1.54, 1.807) is 0 Å². The van der Waals surface area contributed by atoms with E-state index < -0.39 is 6.10 Å². The Labute approximate surface area is 391 Å². The zero-order valence-electron chi connectivity index (χ0n) is 42.1. The molecule has 0 saturated carbocycles. The molecule has 0 aromatic carbocycles. The molecule has 0 heterocycles. The number of rotatable bonds is 50. The van der Waals surface area contributed by atoms with Gasteiger partial charge in [0.05, 0.1) is 0 Å². The summed E-state index contributed by atoms with van der Waals surface area (Å²) in [5.74, 6) is -0.878. The van der Waals surface area contributed by atoms with Crippen LogP contribution in [-0.2, 0) is 28.6 Å². The maximum Gasteiger partial charge on any atom is 0.306 e. The third-order valence-corrected chi connectivity index (χ3v) is 12.1. The third-order valence-electron chi connectivity index (χ3n) is 12.1. The van der Waals surface area contributed by atoms with E-state index in [1.165, 1.54) is 173 Å². The van der Waals surface area contributed by atoms with Gasteiger partial charge in [-0.3, -0.25) is 14.4 Å². The van der Waals surface area contributed by atoms with E-state index in [0.717, 1.165) is 77.0 Å². The molecule has 0 aromatic rings. The number of ether oxygens (including phenoxy) is 3. The van der Waals surface area contributed by atoms with Crippen LogP contribution in [0.3, 0.4) is 0 Å². The molecule has 1 atom stereocenters. The first-order chi connectivity index (χ1) is 31.0. The average Bonchev–Trinajstić information content (AvgIpc) is 3.28. The summed E-state index contributed by atoms with van der Waals surface area (Å²) in [6, 6.07) is 0. The molecule has 0 amide bonds. The van der Waals surface area contributed by atoms with Crippen molar-refractivity contribution in [1.82, 2.24) is 0 Å². The lowest BCUT2D eigenvalue weighted by Crippen LogP contribution is -2.30. The normalized spacial score (nSPS) is 12.2. The zero-order valence-corrected chi connectivity index (χ0v) is 42.1. The molecule has 0 rings (SSSR count). The summed E-state index contributed by atoms with van der Waals surface area (Å²) in [5.41, 5.74) is 0. The number of carbonyl (C=O) groups is 3. The summed E-state index contributed by atoms with van der Waals surface area (Å²) in [5, 5.41) is 0. The zero-order chi connectivity index (χ0) is 45.8. The van der Waals surface area contributed by atoms with Crippen molar-refractivity contribution in [1.29, 1.82) is 0 Å². The van der Waals surface area contributed by atoms with Gasteiger partial charge in [0.1, 0.15) is 13.2 Å². The Bertz CT molecular complexity index is 1060. The monoisotopic (exact) mass is 885 g/mol. The van der Waals surface area contributed by atoms with E-state index in [4.69, 9.17) is 14.2 Å². The van der Waals surface area contributed by atoms with Gasteiger partial charge in [-0.25, -0.2) is 0 Å². The number of allylic oxidation sites excluding steroid dienone is 6. The van der Waals surface area contributed by atoms with Crippen molar-refractivity contribution in [3.05, 3.63) is 36.5 Å². The van der Waals surface area contributed by atoms with Gasteiger partial charge in [0.25, 0.3) is 0 Å². The fourth-order valence-corrected chi connectivity index (χ4v) is 7.94. The standard InChI is InChI=1S/C57H104O6/c1-4-7-10-13-16-19-22-25-27-28-29-31-32-35-38-41-44-47-50-56(59)62-53-54(52-61-55(58)49-46-43-40-37-34-24-21-18-15-12-9-6-3)63-57(60)51-48-45-42-39-36-33-30-26-23-20-17-14-11-8-5-2/h18-19,21-22,27-28,54H,4-17,20,23-26,29-53H2,1-3H3/b21-18-,22-19-,28-27-. The van der Waals surface area contributed by atoms with Gasteiger partial charge in [-0.1, -0.05) is 231 Å². The molecule has 0 aliphatic rings. The van der Waals surface area contributed by atoms with Crippen LogP contribution >= 0.6 is 0 Å². The predicted octanol–water partition coefficient (Wildman–Crippen LogP) is 18.1. The molecule has 368 valence electrons. The van der Waals surface area contributed by atoms with Crippen LogP contribution in [0.1, 0.15) is 290 Å². The van der Waals surface area contributed by atoms with Crippen LogP contribution in [0.4, 0.5) is 0 Å². The molecule has 63 heavy (non-hydrogen) atoms. The Morgan fingerprint density at radius 1 is 0.317 bits per heavy atom. The Kier molecular flexibility index (Phi) is 50.3. The van der Waals surface area contributed by atoms with Gasteiger partial charge in [-0.05, 0) is 77.0 Å². The second-order valence-electron chi connectivity index (χ2n) is 18.5. The van der Waals surface area contributed by atoms with E-state index in [-0.39, 0.29) is 31.1 Å². The molecule has 6 nitrogen and oxygen atoms in total. The summed E-state index contributed by atoms with van der Waals surface area (Å²) < 4.78 is 16.8. The van der Waals surface area contributed by atoms with Gasteiger partial charge < -0.3 is 14.2 Å². The molecule has 0 aliphatic carbocycles. The van der Waals surface area contributed by atoms with Crippen molar-refractivity contribution in [2.75, 3.05) is 13.2 Å². The summed E-state index contributed by atoms with van der Waals surface area (Å²) >= 11 is 0. The quantitative estimate of drug-likeness (QED) is 0.0262. The van der Waals surface area contributed by atoms with Gasteiger partial charge in [0, 0.05) is 19.3 Å². The second-order valence-corrected chi connectivity index (χ2v) is 18.5. The molecule has 0 saturated heterocycles. The van der Waals surface area contributed by atoms with Crippen molar-refractivity contribution in [2.24, 2.45) is 0 Å². The SMILES string of the molecule is CCCCC/C=C\CCCCCCCC(=O)OCC(COC(=O)CCCCCCCCC/C=C\C/C=C\CCCCCC)OC(=O)CCCCCCCCCCCCCCCCC. The average molecular weight is 885 g/mol. The van der Waals surface area contributed by atoms with E-state index in [1.807, 2.05) is 0 Å². The second kappa shape index (κ2) is 52.3. The topological polar surface area (TPSA) is 78.9 Å². The maximum atomic E-state index is 12.8. The maximum absolute atomic E-state index is 12.8. The van der Waals surface area contributed by atoms with Crippen molar-refractivity contribution >= 4 is 17.9 Å². The summed E-state index contributed by atoms with van der Waals surface area (Å²) in [4.78, 5) is 38.0. The van der Waals surface area contributed by atoms with Gasteiger partial charge in [0.2, 0.25) is 0 Å². The predicted molar refractivity (Wildman–Crippen MR) is 270 cm³/mol. The minimum Gasteiger partial charge on any atom is -0.462 e. The minimum absolute atomic E-state index is 0.0759. The van der Waals surface area contributed by atoms with E-state index >= 15 is 0 Å². The van der Waals surface area contributed by atoms with Crippen molar-refractivity contribution in [3.63, 3.8) is 0 Å². The summed E-state index contributed by atoms with van der Waals surface area (Å²) in [7, 11) is 0. The highest BCUT2D eigenvalue weighted by Gasteiger charge is 2.19. The van der Waals surface area contributed by atoms with E-state index in [2.05, 4.69) is 57.2 Å². The molecule has 0 fully saturated rings. The van der Waals surface area contributed by atoms with Gasteiger partial charge >= 0.3 is 17.9 Å². The number of unbranched alkanes of at least 4 members (excludes halogenated alkanes) is 33. The number of hydrogen-bond acceptors (Lipinski definition) is 6. The van der Waals surface area contributed by atoms with Crippen LogP contribution < -0.4 is 0 Å². The lowest BCUT2D eigenvalue weighted by atomic mass is 10.0. The van der Waals surface area contributed by atoms with E-state index in [0.29, 0.717) is 19.3 Å². The van der Waals surface area contributed by atoms with Crippen LogP contribution in [0.15, 0.2) is 36.5 Å². The van der Waals surface area contributed by atoms with Crippen LogP contribution in [0, 0.1) is 0 Å². The van der Waals surface area contributed by atoms with Gasteiger partial charge in [-0.2, -0.15) is 0 Å². The molecule has 6 heteroatoms. The number of hydrogen-bond donors (Lipinski definition) is 0. The summed E-state index contributed by atoms with van der Waals surface area (Å²) in [6.45, 7) is 6.61. The Morgan fingerprint density at radius 3 is 0.937 bits per heavy atom. The van der Waals surface area contributed by atoms with Gasteiger partial charge in [0.15, 0.2) is 6.10 Å². The smallest absolute Gasteiger partial charge is 0.306 e. The molecule has 0 radical (unpaired) electrons. The highest BCUT2D eigenvalue weighted by molar-refractivity contribution is 5.71. The Hall–Kier alpha value is -2.37. The minimum atomic E-state index is -0.775. The summed E-state index contributed by atoms with van der Waals surface area (Å²) in [6.07, 6.45) is 61.2. The largest absolute Gasteiger partial charge is 0.462 e. The molecule has 0 N–H and O–H groups in total. The number of esters is 3. The molecular formula is C57H104O6. The van der Waals surface area contributed by atoms with Crippen LogP contribution in [-0.4, -0.2) is 37.2 Å². The van der Waals surface area contributed by atoms with Crippen molar-refractivity contribution < 1.29 is 28.6 Å². The first-order valence-electron chi connectivity index (χ1n) is 27.5. The molecule has 0 aliphatic heterocycles. The molecule has 0 aromatic heterocycles. The van der Waals surface area contributed by atoms with Crippen LogP contribution in [0.25, 0.3) is 0 Å². The Balaban J connectivity index is 4.34. The van der Waals surface area contributed by atoms with Gasteiger partial charge in [-0.15, -0.1) is 0 Å². The fraction of sp³-hybridized carbons (Fsp3) is 0.842. The van der Waals surface area contributed by atoms with Crippen molar-refractivity contribution in [3.8, 4) is 0 Å². The number of carbonyl (C=O) groups excluding carboxylic acids is 3. The van der Waals surface area contributed by atoms with E-state index in [9.17, 15) is 14.4 Å². The highest BCUT2D eigenvalue weighted by Crippen LogP contribution is 2.16.